The highest BCUT2D eigenvalue weighted by molar-refractivity contribution is 5.99. The van der Waals surface area contributed by atoms with Crippen molar-refractivity contribution in [2.45, 2.75) is 58.2 Å². The Morgan fingerprint density at radius 2 is 1.90 bits per heavy atom. The first-order valence-corrected chi connectivity index (χ1v) is 13.3. The number of fused-ring (bicyclic) bond motifs is 1. The standard InChI is InChI=1S/C30H33F3N4O2/c1-5-19(3)35-15-23-8-7-21(10-20-6-9-26(28(11-20)39-4)36-14-18(2)34-17-36)30(38)37(23)27(16-35)22-12-24(31)29(33)25(32)13-22/h6,9-14,17,19,23,27H,5,7-8,15-16H2,1-4H3/b21-10+/t19?,23-,27-/m0/s1. The number of aromatic nitrogens is 2. The smallest absolute Gasteiger partial charge is 0.250 e. The zero-order valence-electron chi connectivity index (χ0n) is 22.6. The first-order valence-electron chi connectivity index (χ1n) is 13.3. The number of imidazole rings is 1. The summed E-state index contributed by atoms with van der Waals surface area (Å²) < 4.78 is 49.8. The van der Waals surface area contributed by atoms with E-state index in [1.807, 2.05) is 42.0 Å². The van der Waals surface area contributed by atoms with E-state index in [0.717, 1.165) is 41.9 Å². The summed E-state index contributed by atoms with van der Waals surface area (Å²) in [7, 11) is 1.60. The molecule has 0 saturated carbocycles. The number of carbonyl (C=O) groups is 1. The predicted molar refractivity (Wildman–Crippen MR) is 143 cm³/mol. The van der Waals surface area contributed by atoms with E-state index >= 15 is 0 Å². The largest absolute Gasteiger partial charge is 0.495 e. The minimum atomic E-state index is -1.50. The van der Waals surface area contributed by atoms with Gasteiger partial charge in [-0.05, 0) is 74.6 Å². The van der Waals surface area contributed by atoms with Crippen molar-refractivity contribution in [1.29, 1.82) is 0 Å². The lowest BCUT2D eigenvalue weighted by Crippen LogP contribution is -2.60. The number of ether oxygens (including phenoxy) is 1. The van der Waals surface area contributed by atoms with Crippen molar-refractivity contribution in [2.75, 3.05) is 20.2 Å². The molecular formula is C30H33F3N4O2. The third-order valence-electron chi connectivity index (χ3n) is 7.98. The van der Waals surface area contributed by atoms with Gasteiger partial charge in [0.05, 0.1) is 30.9 Å². The van der Waals surface area contributed by atoms with E-state index in [4.69, 9.17) is 4.74 Å². The summed E-state index contributed by atoms with van der Waals surface area (Å²) in [6, 6.07) is 7.28. The summed E-state index contributed by atoms with van der Waals surface area (Å²) in [4.78, 5) is 22.2. The van der Waals surface area contributed by atoms with Gasteiger partial charge in [-0.1, -0.05) is 13.0 Å². The zero-order chi connectivity index (χ0) is 27.8. The number of carbonyl (C=O) groups excluding carboxylic acids is 1. The summed E-state index contributed by atoms with van der Waals surface area (Å²) in [6.45, 7) is 7.21. The number of aryl methyl sites for hydroxylation is 1. The summed E-state index contributed by atoms with van der Waals surface area (Å²) in [5.74, 6) is -3.53. The lowest BCUT2D eigenvalue weighted by atomic mass is 9.88. The molecule has 0 radical (unpaired) electrons. The molecular weight excluding hydrogens is 505 g/mol. The first-order chi connectivity index (χ1) is 18.7. The molecule has 1 unspecified atom stereocenters. The Bertz CT molecular complexity index is 1400. The number of hydrogen-bond donors (Lipinski definition) is 0. The molecule has 3 aromatic rings. The molecule has 1 aromatic heterocycles. The maximum atomic E-state index is 14.3. The van der Waals surface area contributed by atoms with E-state index in [1.54, 1.807) is 18.3 Å². The quantitative estimate of drug-likeness (QED) is 0.293. The van der Waals surface area contributed by atoms with Crippen LogP contribution in [-0.2, 0) is 4.79 Å². The van der Waals surface area contributed by atoms with Crippen molar-refractivity contribution in [3.63, 3.8) is 0 Å². The predicted octanol–water partition coefficient (Wildman–Crippen LogP) is 5.84. The Labute approximate surface area is 226 Å². The molecule has 6 nitrogen and oxygen atoms in total. The van der Waals surface area contributed by atoms with Crippen molar-refractivity contribution in [3.8, 4) is 11.4 Å². The maximum absolute atomic E-state index is 14.3. The SMILES string of the molecule is CCC(C)N1C[C@@H]2CC/C(=C\c3ccc(-n4cnc(C)c4)c(OC)c3)C(=O)N2[C@H](c2cc(F)c(F)c(F)c2)C1. The van der Waals surface area contributed by atoms with Gasteiger partial charge in [-0.15, -0.1) is 0 Å². The molecule has 9 heteroatoms. The highest BCUT2D eigenvalue weighted by atomic mass is 19.2. The van der Waals surface area contributed by atoms with Crippen LogP contribution >= 0.6 is 0 Å². The Morgan fingerprint density at radius 3 is 2.54 bits per heavy atom. The van der Waals surface area contributed by atoms with Crippen molar-refractivity contribution >= 4 is 12.0 Å². The number of hydrogen-bond acceptors (Lipinski definition) is 4. The van der Waals surface area contributed by atoms with Crippen LogP contribution in [-0.4, -0.2) is 57.5 Å². The van der Waals surface area contributed by atoms with Crippen molar-refractivity contribution < 1.29 is 22.7 Å². The fourth-order valence-electron chi connectivity index (χ4n) is 5.67. The minimum Gasteiger partial charge on any atom is -0.495 e. The summed E-state index contributed by atoms with van der Waals surface area (Å²) in [6.07, 6.45) is 7.68. The third-order valence-corrected chi connectivity index (χ3v) is 7.98. The number of piperidine rings is 1. The van der Waals surface area contributed by atoms with E-state index in [0.29, 0.717) is 30.8 Å². The van der Waals surface area contributed by atoms with Gasteiger partial charge in [0.2, 0.25) is 0 Å². The van der Waals surface area contributed by atoms with Crippen LogP contribution < -0.4 is 4.74 Å². The fourth-order valence-corrected chi connectivity index (χ4v) is 5.67. The molecule has 0 aliphatic carbocycles. The minimum absolute atomic E-state index is 0.111. The van der Waals surface area contributed by atoms with Crippen molar-refractivity contribution in [3.05, 3.63) is 82.7 Å². The van der Waals surface area contributed by atoms with Crippen LogP contribution in [0.15, 0.2) is 48.4 Å². The molecule has 2 saturated heterocycles. The van der Waals surface area contributed by atoms with Crippen LogP contribution in [0.1, 0.15) is 56.0 Å². The topological polar surface area (TPSA) is 50.6 Å². The van der Waals surface area contributed by atoms with Gasteiger partial charge in [-0.3, -0.25) is 9.69 Å². The molecule has 1 amide bonds. The third kappa shape index (κ3) is 5.20. The average Bonchev–Trinajstić information content (AvgIpc) is 3.37. The van der Waals surface area contributed by atoms with Crippen LogP contribution in [0.5, 0.6) is 5.75 Å². The van der Waals surface area contributed by atoms with E-state index in [9.17, 15) is 18.0 Å². The second kappa shape index (κ2) is 10.9. The normalized spacial score (nSPS) is 21.8. The Hall–Kier alpha value is -3.59. The van der Waals surface area contributed by atoms with Crippen LogP contribution in [0.3, 0.4) is 0 Å². The second-order valence-corrected chi connectivity index (χ2v) is 10.5. The van der Waals surface area contributed by atoms with Gasteiger partial charge in [-0.25, -0.2) is 18.2 Å². The number of amides is 1. The summed E-state index contributed by atoms with van der Waals surface area (Å²) in [5.41, 5.74) is 3.40. The van der Waals surface area contributed by atoms with E-state index in [2.05, 4.69) is 23.7 Å². The van der Waals surface area contributed by atoms with Gasteiger partial charge in [0, 0.05) is 36.9 Å². The van der Waals surface area contributed by atoms with Gasteiger partial charge >= 0.3 is 0 Å². The van der Waals surface area contributed by atoms with Gasteiger partial charge in [-0.2, -0.15) is 0 Å². The number of piperazine rings is 1. The number of benzene rings is 2. The Morgan fingerprint density at radius 1 is 1.15 bits per heavy atom. The molecule has 2 aromatic carbocycles. The van der Waals surface area contributed by atoms with Crippen LogP contribution in [0.4, 0.5) is 13.2 Å². The molecule has 2 aliphatic rings. The molecule has 2 fully saturated rings. The molecule has 3 atom stereocenters. The molecule has 39 heavy (non-hydrogen) atoms. The number of rotatable bonds is 6. The number of nitrogens with zero attached hydrogens (tertiary/aromatic N) is 4. The van der Waals surface area contributed by atoms with E-state index in [-0.39, 0.29) is 23.6 Å². The average molecular weight is 539 g/mol. The highest BCUT2D eigenvalue weighted by Gasteiger charge is 2.43. The maximum Gasteiger partial charge on any atom is 0.250 e. The van der Waals surface area contributed by atoms with Gasteiger partial charge in [0.15, 0.2) is 17.5 Å². The van der Waals surface area contributed by atoms with Gasteiger partial charge in [0.1, 0.15) is 5.75 Å². The van der Waals surface area contributed by atoms with Crippen LogP contribution in [0.2, 0.25) is 0 Å². The van der Waals surface area contributed by atoms with Crippen LogP contribution in [0.25, 0.3) is 11.8 Å². The van der Waals surface area contributed by atoms with Gasteiger partial charge in [0.25, 0.3) is 5.91 Å². The zero-order valence-corrected chi connectivity index (χ0v) is 22.6. The van der Waals surface area contributed by atoms with E-state index in [1.165, 1.54) is 0 Å². The Kier molecular flexibility index (Phi) is 7.53. The molecule has 0 spiro atoms. The van der Waals surface area contributed by atoms with Crippen molar-refractivity contribution in [1.82, 2.24) is 19.4 Å². The van der Waals surface area contributed by atoms with Crippen LogP contribution in [0, 0.1) is 24.4 Å². The lowest BCUT2D eigenvalue weighted by Gasteiger charge is -2.51. The number of halogens is 3. The Balaban J connectivity index is 1.49. The highest BCUT2D eigenvalue weighted by Crippen LogP contribution is 2.38. The second-order valence-electron chi connectivity index (χ2n) is 10.5. The first kappa shape index (κ1) is 27.0. The molecule has 206 valence electrons. The molecule has 2 aliphatic heterocycles. The lowest BCUT2D eigenvalue weighted by molar-refractivity contribution is -0.140. The molecule has 0 bridgehead atoms. The molecule has 5 rings (SSSR count). The van der Waals surface area contributed by atoms with E-state index < -0.39 is 23.5 Å². The molecule has 3 heterocycles. The fraction of sp³-hybridized carbons (Fsp3) is 0.400. The monoisotopic (exact) mass is 538 g/mol. The summed E-state index contributed by atoms with van der Waals surface area (Å²) in [5, 5.41) is 0. The van der Waals surface area contributed by atoms with Gasteiger partial charge < -0.3 is 14.2 Å². The number of methoxy groups -OCH3 is 1. The summed E-state index contributed by atoms with van der Waals surface area (Å²) >= 11 is 0. The molecule has 0 N–H and O–H groups in total. The van der Waals surface area contributed by atoms with Crippen molar-refractivity contribution in [2.24, 2.45) is 0 Å².